The molecule has 0 bridgehead atoms. The molecule has 22 heavy (non-hydrogen) atoms. The van der Waals surface area contributed by atoms with Gasteiger partial charge in [-0.25, -0.2) is 9.97 Å². The second-order valence-corrected chi connectivity index (χ2v) is 5.91. The van der Waals surface area contributed by atoms with Crippen LogP contribution in [0.3, 0.4) is 0 Å². The number of halogens is 1. The number of carbonyl (C=O) groups excluding carboxylic acids is 1. The first-order valence-electron chi connectivity index (χ1n) is 7.21. The third-order valence-corrected chi connectivity index (χ3v) is 3.92. The summed E-state index contributed by atoms with van der Waals surface area (Å²) >= 11 is 6.07. The maximum atomic E-state index is 12.4. The molecule has 5 nitrogen and oxygen atoms in total. The van der Waals surface area contributed by atoms with E-state index >= 15 is 0 Å². The predicted octanol–water partition coefficient (Wildman–Crippen LogP) is 3.57. The number of anilines is 2. The van der Waals surface area contributed by atoms with E-state index in [1.807, 2.05) is 19.9 Å². The second kappa shape index (κ2) is 5.93. The summed E-state index contributed by atoms with van der Waals surface area (Å²) in [4.78, 5) is 21.0. The Morgan fingerprint density at radius 3 is 2.77 bits per heavy atom. The Morgan fingerprint density at radius 2 is 2.05 bits per heavy atom. The Hall–Kier alpha value is -2.14. The van der Waals surface area contributed by atoms with E-state index in [-0.39, 0.29) is 5.91 Å². The van der Waals surface area contributed by atoms with E-state index in [1.54, 1.807) is 18.2 Å². The Bertz CT molecular complexity index is 728. The van der Waals surface area contributed by atoms with Gasteiger partial charge in [0.1, 0.15) is 5.69 Å². The predicted molar refractivity (Wildman–Crippen MR) is 87.6 cm³/mol. The Balaban J connectivity index is 1.82. The van der Waals surface area contributed by atoms with E-state index in [0.29, 0.717) is 28.4 Å². The van der Waals surface area contributed by atoms with Crippen molar-refractivity contribution in [3.8, 4) is 0 Å². The molecule has 1 amide bonds. The van der Waals surface area contributed by atoms with E-state index < -0.39 is 0 Å². The maximum absolute atomic E-state index is 12.4. The summed E-state index contributed by atoms with van der Waals surface area (Å²) < 4.78 is 0. The number of rotatable bonds is 4. The minimum atomic E-state index is -0.269. The molecule has 0 aliphatic heterocycles. The smallest absolute Gasteiger partial charge is 0.274 e. The van der Waals surface area contributed by atoms with E-state index in [4.69, 9.17) is 11.6 Å². The van der Waals surface area contributed by atoms with Gasteiger partial charge in [0.2, 0.25) is 5.95 Å². The van der Waals surface area contributed by atoms with Crippen molar-refractivity contribution in [3.05, 3.63) is 46.2 Å². The van der Waals surface area contributed by atoms with Gasteiger partial charge in [0, 0.05) is 22.4 Å². The first kappa shape index (κ1) is 14.8. The number of benzene rings is 1. The summed E-state index contributed by atoms with van der Waals surface area (Å²) in [5, 5.41) is 6.68. The summed E-state index contributed by atoms with van der Waals surface area (Å²) in [5.74, 6) is 0.241. The van der Waals surface area contributed by atoms with Gasteiger partial charge in [-0.05, 0) is 50.5 Å². The van der Waals surface area contributed by atoms with Gasteiger partial charge < -0.3 is 10.6 Å². The molecule has 1 aliphatic rings. The molecule has 1 saturated carbocycles. The molecule has 0 radical (unpaired) electrons. The normalized spacial score (nSPS) is 13.8. The van der Waals surface area contributed by atoms with E-state index in [1.165, 1.54) is 0 Å². The summed E-state index contributed by atoms with van der Waals surface area (Å²) in [5.41, 5.74) is 2.62. The molecule has 1 aliphatic carbocycles. The molecule has 0 saturated heterocycles. The number of nitrogens with zero attached hydrogens (tertiary/aromatic N) is 2. The van der Waals surface area contributed by atoms with Crippen molar-refractivity contribution in [2.24, 2.45) is 0 Å². The average molecular weight is 317 g/mol. The third-order valence-electron chi connectivity index (χ3n) is 3.51. The Morgan fingerprint density at radius 1 is 1.27 bits per heavy atom. The maximum Gasteiger partial charge on any atom is 0.274 e. The first-order chi connectivity index (χ1) is 10.5. The minimum absolute atomic E-state index is 0.269. The zero-order valence-corrected chi connectivity index (χ0v) is 13.2. The number of aryl methyl sites for hydroxylation is 1. The van der Waals surface area contributed by atoms with Crippen molar-refractivity contribution in [3.63, 3.8) is 0 Å². The molecule has 0 atom stereocenters. The number of nitrogens with one attached hydrogen (secondary N) is 2. The summed E-state index contributed by atoms with van der Waals surface area (Å²) in [6.07, 6.45) is 2.25. The number of hydrogen-bond donors (Lipinski definition) is 2. The van der Waals surface area contributed by atoms with Gasteiger partial charge in [-0.3, -0.25) is 4.79 Å². The van der Waals surface area contributed by atoms with Crippen LogP contribution in [0, 0.1) is 13.8 Å². The minimum Gasteiger partial charge on any atom is -0.351 e. The van der Waals surface area contributed by atoms with Crippen LogP contribution in [-0.2, 0) is 0 Å². The van der Waals surface area contributed by atoms with Crippen molar-refractivity contribution in [2.45, 2.75) is 32.7 Å². The van der Waals surface area contributed by atoms with Crippen molar-refractivity contribution >= 4 is 29.1 Å². The van der Waals surface area contributed by atoms with E-state index in [0.717, 1.165) is 24.1 Å². The molecule has 0 unspecified atom stereocenters. The molecule has 1 aromatic heterocycles. The van der Waals surface area contributed by atoms with Crippen LogP contribution in [0.1, 0.15) is 34.6 Å². The van der Waals surface area contributed by atoms with Crippen LogP contribution in [0.5, 0.6) is 0 Å². The third kappa shape index (κ3) is 3.36. The van der Waals surface area contributed by atoms with Crippen LogP contribution in [0.4, 0.5) is 11.6 Å². The zero-order chi connectivity index (χ0) is 15.7. The lowest BCUT2D eigenvalue weighted by Crippen LogP contribution is -2.17. The van der Waals surface area contributed by atoms with Gasteiger partial charge in [0.05, 0.1) is 0 Å². The molecular weight excluding hydrogens is 300 g/mol. The molecule has 2 N–H and O–H groups in total. The Labute approximate surface area is 134 Å². The van der Waals surface area contributed by atoms with Gasteiger partial charge in [0.15, 0.2) is 0 Å². The molecule has 3 rings (SSSR count). The van der Waals surface area contributed by atoms with E-state index in [9.17, 15) is 4.79 Å². The van der Waals surface area contributed by atoms with Gasteiger partial charge in [-0.2, -0.15) is 0 Å². The SMILES string of the molecule is Cc1cc(C(=O)Nc2cccc(Cl)c2C)nc(NC2CC2)n1. The Kier molecular flexibility index (Phi) is 3.98. The van der Waals surface area contributed by atoms with Crippen molar-refractivity contribution in [1.82, 2.24) is 9.97 Å². The summed E-state index contributed by atoms with van der Waals surface area (Å²) in [7, 11) is 0. The molecule has 1 fully saturated rings. The fourth-order valence-electron chi connectivity index (χ4n) is 2.09. The highest BCUT2D eigenvalue weighted by Gasteiger charge is 2.22. The van der Waals surface area contributed by atoms with Gasteiger partial charge in [-0.15, -0.1) is 0 Å². The molecule has 114 valence electrons. The van der Waals surface area contributed by atoms with Crippen molar-refractivity contribution in [2.75, 3.05) is 10.6 Å². The van der Waals surface area contributed by atoms with Crippen molar-refractivity contribution < 1.29 is 4.79 Å². The first-order valence-corrected chi connectivity index (χ1v) is 7.59. The quantitative estimate of drug-likeness (QED) is 0.905. The van der Waals surface area contributed by atoms with Crippen LogP contribution in [0.2, 0.25) is 5.02 Å². The molecule has 2 aromatic rings. The molecule has 0 spiro atoms. The fourth-order valence-corrected chi connectivity index (χ4v) is 2.26. The zero-order valence-electron chi connectivity index (χ0n) is 12.5. The second-order valence-electron chi connectivity index (χ2n) is 5.50. The standard InChI is InChI=1S/C16H17ClN4O/c1-9-8-14(21-16(18-9)19-11-6-7-11)15(22)20-13-5-3-4-12(17)10(13)2/h3-5,8,11H,6-7H2,1-2H3,(H,20,22)(H,18,19,21). The lowest BCUT2D eigenvalue weighted by molar-refractivity contribution is 0.102. The van der Waals surface area contributed by atoms with Crippen LogP contribution in [0.25, 0.3) is 0 Å². The summed E-state index contributed by atoms with van der Waals surface area (Å²) in [6, 6.07) is 7.52. The largest absolute Gasteiger partial charge is 0.351 e. The highest BCUT2D eigenvalue weighted by Crippen LogP contribution is 2.24. The van der Waals surface area contributed by atoms with Crippen LogP contribution in [-0.4, -0.2) is 21.9 Å². The highest BCUT2D eigenvalue weighted by molar-refractivity contribution is 6.31. The molecular formula is C16H17ClN4O. The lowest BCUT2D eigenvalue weighted by Gasteiger charge is -2.10. The van der Waals surface area contributed by atoms with Crippen LogP contribution < -0.4 is 10.6 Å². The van der Waals surface area contributed by atoms with Crippen LogP contribution in [0.15, 0.2) is 24.3 Å². The van der Waals surface area contributed by atoms with Crippen LogP contribution >= 0.6 is 11.6 Å². The fraction of sp³-hybridized carbons (Fsp3) is 0.312. The van der Waals surface area contributed by atoms with Gasteiger partial charge in [-0.1, -0.05) is 17.7 Å². The number of carbonyl (C=O) groups is 1. The topological polar surface area (TPSA) is 66.9 Å². The lowest BCUT2D eigenvalue weighted by atomic mass is 10.2. The van der Waals surface area contributed by atoms with Crippen molar-refractivity contribution in [1.29, 1.82) is 0 Å². The number of aromatic nitrogens is 2. The van der Waals surface area contributed by atoms with Gasteiger partial charge >= 0.3 is 0 Å². The average Bonchev–Trinajstić information content (AvgIpc) is 3.27. The molecule has 1 heterocycles. The number of amides is 1. The van der Waals surface area contributed by atoms with Gasteiger partial charge in [0.25, 0.3) is 5.91 Å². The monoisotopic (exact) mass is 316 g/mol. The highest BCUT2D eigenvalue weighted by atomic mass is 35.5. The molecule has 1 aromatic carbocycles. The summed E-state index contributed by atoms with van der Waals surface area (Å²) in [6.45, 7) is 3.71. The van der Waals surface area contributed by atoms with E-state index in [2.05, 4.69) is 20.6 Å². The molecule has 6 heteroatoms. The number of hydrogen-bond acceptors (Lipinski definition) is 4.